The second-order valence-corrected chi connectivity index (χ2v) is 3.58. The van der Waals surface area contributed by atoms with Crippen LogP contribution in [0.4, 0.5) is 5.95 Å². The van der Waals surface area contributed by atoms with Gasteiger partial charge in [-0.3, -0.25) is 0 Å². The van der Waals surface area contributed by atoms with Crippen LogP contribution in [-0.2, 0) is 0 Å². The molecular formula is C11H16N4. The quantitative estimate of drug-likeness (QED) is 0.751. The van der Waals surface area contributed by atoms with Crippen molar-refractivity contribution in [2.24, 2.45) is 0 Å². The van der Waals surface area contributed by atoms with Crippen LogP contribution in [0.1, 0.15) is 31.2 Å². The van der Waals surface area contributed by atoms with Gasteiger partial charge in [0, 0.05) is 19.3 Å². The minimum Gasteiger partial charge on any atom is -0.344 e. The van der Waals surface area contributed by atoms with Gasteiger partial charge in [0.15, 0.2) is 0 Å². The van der Waals surface area contributed by atoms with E-state index in [-0.39, 0.29) is 0 Å². The van der Waals surface area contributed by atoms with Crippen molar-refractivity contribution in [2.45, 2.75) is 26.7 Å². The molecular weight excluding hydrogens is 188 g/mol. The van der Waals surface area contributed by atoms with Crippen LogP contribution in [-0.4, -0.2) is 23.6 Å². The van der Waals surface area contributed by atoms with Gasteiger partial charge in [0.05, 0.1) is 0 Å². The Morgan fingerprint density at radius 1 is 1.47 bits per heavy atom. The van der Waals surface area contributed by atoms with E-state index in [9.17, 15) is 0 Å². The van der Waals surface area contributed by atoms with Crippen LogP contribution < -0.4 is 4.90 Å². The molecule has 0 radical (unpaired) electrons. The summed E-state index contributed by atoms with van der Waals surface area (Å²) in [6, 6.07) is 3.73. The molecule has 0 fully saturated rings. The molecule has 0 atom stereocenters. The van der Waals surface area contributed by atoms with Crippen molar-refractivity contribution in [1.82, 2.24) is 9.97 Å². The molecule has 4 nitrogen and oxygen atoms in total. The summed E-state index contributed by atoms with van der Waals surface area (Å²) in [5.74, 6) is 0.639. The van der Waals surface area contributed by atoms with Crippen molar-refractivity contribution in [3.8, 4) is 6.07 Å². The van der Waals surface area contributed by atoms with Crippen LogP contribution in [0.15, 0.2) is 6.07 Å². The van der Waals surface area contributed by atoms with Crippen LogP contribution in [0, 0.1) is 18.3 Å². The number of hydrogen-bond acceptors (Lipinski definition) is 4. The Balaban J connectivity index is 2.84. The zero-order valence-electron chi connectivity index (χ0n) is 9.49. The van der Waals surface area contributed by atoms with Crippen LogP contribution >= 0.6 is 0 Å². The fourth-order valence-electron chi connectivity index (χ4n) is 1.28. The van der Waals surface area contributed by atoms with Crippen LogP contribution in [0.2, 0.25) is 0 Å². The average molecular weight is 204 g/mol. The molecule has 1 rings (SSSR count). The molecule has 0 spiro atoms. The summed E-state index contributed by atoms with van der Waals surface area (Å²) in [6.45, 7) is 4.94. The number of anilines is 1. The van der Waals surface area contributed by atoms with E-state index in [0.717, 1.165) is 25.1 Å². The number of hydrogen-bond donors (Lipinski definition) is 0. The molecule has 0 bridgehead atoms. The monoisotopic (exact) mass is 204 g/mol. The van der Waals surface area contributed by atoms with Crippen molar-refractivity contribution in [3.05, 3.63) is 17.5 Å². The number of rotatable bonds is 4. The summed E-state index contributed by atoms with van der Waals surface area (Å²) >= 11 is 0. The summed E-state index contributed by atoms with van der Waals surface area (Å²) in [7, 11) is 1.95. The van der Waals surface area contributed by atoms with Crippen LogP contribution in [0.25, 0.3) is 0 Å². The van der Waals surface area contributed by atoms with Crippen molar-refractivity contribution in [3.63, 3.8) is 0 Å². The van der Waals surface area contributed by atoms with Crippen LogP contribution in [0.5, 0.6) is 0 Å². The Morgan fingerprint density at radius 3 is 2.80 bits per heavy atom. The third kappa shape index (κ3) is 3.21. The number of nitrogens with zero attached hydrogens (tertiary/aromatic N) is 4. The Bertz CT molecular complexity index is 367. The smallest absolute Gasteiger partial charge is 0.226 e. The molecule has 1 aromatic rings. The summed E-state index contributed by atoms with van der Waals surface area (Å²) < 4.78 is 0. The summed E-state index contributed by atoms with van der Waals surface area (Å²) in [5.41, 5.74) is 1.26. The Hall–Kier alpha value is -1.63. The maximum Gasteiger partial charge on any atom is 0.226 e. The van der Waals surface area contributed by atoms with Crippen LogP contribution in [0.3, 0.4) is 0 Å². The van der Waals surface area contributed by atoms with Crippen molar-refractivity contribution < 1.29 is 0 Å². The van der Waals surface area contributed by atoms with Gasteiger partial charge in [-0.25, -0.2) is 9.97 Å². The van der Waals surface area contributed by atoms with Gasteiger partial charge in [-0.05, 0) is 19.4 Å². The predicted molar refractivity (Wildman–Crippen MR) is 59.7 cm³/mol. The van der Waals surface area contributed by atoms with Crippen molar-refractivity contribution >= 4 is 5.95 Å². The first-order valence-corrected chi connectivity index (χ1v) is 5.14. The second kappa shape index (κ2) is 5.30. The Kier molecular flexibility index (Phi) is 4.04. The highest BCUT2D eigenvalue weighted by Gasteiger charge is 2.06. The van der Waals surface area contributed by atoms with E-state index in [2.05, 4.69) is 16.9 Å². The first-order chi connectivity index (χ1) is 7.17. The standard InChI is InChI=1S/C11H16N4/c1-4-5-6-15(3)11-13-9(2)7-10(8-12)14-11/h7H,4-6H2,1-3H3. The van der Waals surface area contributed by atoms with Gasteiger partial charge in [0.2, 0.25) is 5.95 Å². The van der Waals surface area contributed by atoms with E-state index in [0.29, 0.717) is 11.6 Å². The third-order valence-corrected chi connectivity index (χ3v) is 2.15. The predicted octanol–water partition coefficient (Wildman–Crippen LogP) is 1.89. The highest BCUT2D eigenvalue weighted by molar-refractivity contribution is 5.34. The van der Waals surface area contributed by atoms with E-state index < -0.39 is 0 Å². The molecule has 0 aliphatic rings. The minimum atomic E-state index is 0.431. The lowest BCUT2D eigenvalue weighted by Crippen LogP contribution is -2.21. The average Bonchev–Trinajstić information content (AvgIpc) is 2.24. The summed E-state index contributed by atoms with van der Waals surface area (Å²) in [5, 5.41) is 8.79. The maximum absolute atomic E-state index is 8.79. The van der Waals surface area contributed by atoms with E-state index >= 15 is 0 Å². The Labute approximate surface area is 90.6 Å². The lowest BCUT2D eigenvalue weighted by atomic mass is 10.3. The Morgan fingerprint density at radius 2 is 2.20 bits per heavy atom. The van der Waals surface area contributed by atoms with E-state index in [1.165, 1.54) is 0 Å². The van der Waals surface area contributed by atoms with Crippen molar-refractivity contribution in [2.75, 3.05) is 18.5 Å². The molecule has 4 heteroatoms. The summed E-state index contributed by atoms with van der Waals surface area (Å²) in [6.07, 6.45) is 2.25. The minimum absolute atomic E-state index is 0.431. The number of unbranched alkanes of at least 4 members (excludes halogenated alkanes) is 1. The fraction of sp³-hybridized carbons (Fsp3) is 0.545. The molecule has 0 saturated heterocycles. The second-order valence-electron chi connectivity index (χ2n) is 3.58. The first kappa shape index (κ1) is 11.4. The van der Waals surface area contributed by atoms with Gasteiger partial charge < -0.3 is 4.90 Å². The molecule has 0 aromatic carbocycles. The van der Waals surface area contributed by atoms with Gasteiger partial charge in [-0.1, -0.05) is 13.3 Å². The van der Waals surface area contributed by atoms with Crippen molar-refractivity contribution in [1.29, 1.82) is 5.26 Å². The molecule has 15 heavy (non-hydrogen) atoms. The zero-order chi connectivity index (χ0) is 11.3. The van der Waals surface area contributed by atoms with Gasteiger partial charge in [-0.2, -0.15) is 5.26 Å². The first-order valence-electron chi connectivity index (χ1n) is 5.14. The fourth-order valence-corrected chi connectivity index (χ4v) is 1.28. The van der Waals surface area contributed by atoms with E-state index in [1.807, 2.05) is 24.9 Å². The molecule has 1 heterocycles. The lowest BCUT2D eigenvalue weighted by molar-refractivity contribution is 0.747. The highest BCUT2D eigenvalue weighted by atomic mass is 15.2. The largest absolute Gasteiger partial charge is 0.344 e. The van der Waals surface area contributed by atoms with Gasteiger partial charge >= 0.3 is 0 Å². The number of aromatic nitrogens is 2. The lowest BCUT2D eigenvalue weighted by Gasteiger charge is -2.16. The molecule has 0 unspecified atom stereocenters. The molecule has 0 aliphatic carbocycles. The van der Waals surface area contributed by atoms with Gasteiger partial charge in [-0.15, -0.1) is 0 Å². The third-order valence-electron chi connectivity index (χ3n) is 2.15. The molecule has 1 aromatic heterocycles. The molecule has 80 valence electrons. The maximum atomic E-state index is 8.79. The molecule has 0 saturated carbocycles. The van der Waals surface area contributed by atoms with Gasteiger partial charge in [0.25, 0.3) is 0 Å². The molecule has 0 amide bonds. The summed E-state index contributed by atoms with van der Waals surface area (Å²) in [4.78, 5) is 10.4. The highest BCUT2D eigenvalue weighted by Crippen LogP contribution is 2.08. The van der Waals surface area contributed by atoms with E-state index in [4.69, 9.17) is 5.26 Å². The normalized spacial score (nSPS) is 9.73. The number of aryl methyl sites for hydroxylation is 1. The zero-order valence-corrected chi connectivity index (χ0v) is 9.49. The topological polar surface area (TPSA) is 52.8 Å². The SMILES string of the molecule is CCCCN(C)c1nc(C)cc(C#N)n1. The van der Waals surface area contributed by atoms with Gasteiger partial charge in [0.1, 0.15) is 11.8 Å². The molecule has 0 aliphatic heterocycles. The number of nitriles is 1. The molecule has 0 N–H and O–H groups in total. The van der Waals surface area contributed by atoms with E-state index in [1.54, 1.807) is 6.07 Å².